The van der Waals surface area contributed by atoms with E-state index in [0.29, 0.717) is 0 Å². The van der Waals surface area contributed by atoms with E-state index in [1.165, 1.54) is 0 Å². The van der Waals surface area contributed by atoms with E-state index in [1.54, 1.807) is 0 Å². The molecule has 7 heteroatoms. The van der Waals surface area contributed by atoms with Gasteiger partial charge in [-0.1, -0.05) is 22.0 Å². The fourth-order valence-corrected chi connectivity index (χ4v) is 0.978. The molecular formula is C8H9BrN2O4. The summed E-state index contributed by atoms with van der Waals surface area (Å²) in [6.45, 7) is 0. The number of nitrogen functional groups attached to an aromatic ring is 1. The van der Waals surface area contributed by atoms with Crippen LogP contribution in [0.3, 0.4) is 0 Å². The van der Waals surface area contributed by atoms with E-state index in [-0.39, 0.29) is 0 Å². The molecule has 0 saturated heterocycles. The number of benzene rings is 1. The minimum absolute atomic E-state index is 0.907. The van der Waals surface area contributed by atoms with Crippen molar-refractivity contribution in [2.75, 3.05) is 5.43 Å². The van der Waals surface area contributed by atoms with Crippen LogP contribution in [-0.4, -0.2) is 22.2 Å². The lowest BCUT2D eigenvalue weighted by molar-refractivity contribution is -0.159. The molecule has 0 aliphatic carbocycles. The molecule has 5 N–H and O–H groups in total. The first kappa shape index (κ1) is 13.4. The van der Waals surface area contributed by atoms with E-state index in [2.05, 4.69) is 21.4 Å². The molecular weight excluding hydrogens is 268 g/mol. The molecule has 0 aliphatic rings. The van der Waals surface area contributed by atoms with E-state index >= 15 is 0 Å². The molecule has 0 spiro atoms. The second kappa shape index (κ2) is 6.80. The van der Waals surface area contributed by atoms with Crippen LogP contribution in [0.1, 0.15) is 0 Å². The van der Waals surface area contributed by atoms with Crippen LogP contribution in [0, 0.1) is 0 Å². The van der Waals surface area contributed by atoms with E-state index in [4.69, 9.17) is 25.6 Å². The van der Waals surface area contributed by atoms with Gasteiger partial charge in [0.25, 0.3) is 0 Å². The van der Waals surface area contributed by atoms with Crippen LogP contribution in [0.5, 0.6) is 0 Å². The van der Waals surface area contributed by atoms with Gasteiger partial charge in [0.1, 0.15) is 0 Å². The third-order valence-electron chi connectivity index (χ3n) is 1.17. The highest BCUT2D eigenvalue weighted by molar-refractivity contribution is 9.10. The fraction of sp³-hybridized carbons (Fsp3) is 0. The molecule has 1 aromatic carbocycles. The summed E-state index contributed by atoms with van der Waals surface area (Å²) in [6.07, 6.45) is 0. The topological polar surface area (TPSA) is 113 Å². The lowest BCUT2D eigenvalue weighted by atomic mass is 10.3. The molecule has 0 aliphatic heterocycles. The normalized spacial score (nSPS) is 8.40. The van der Waals surface area contributed by atoms with E-state index in [1.807, 2.05) is 24.3 Å². The van der Waals surface area contributed by atoms with E-state index in [0.717, 1.165) is 10.2 Å². The zero-order valence-electron chi connectivity index (χ0n) is 7.48. The van der Waals surface area contributed by atoms with Gasteiger partial charge in [0, 0.05) is 10.2 Å². The highest BCUT2D eigenvalue weighted by atomic mass is 79.9. The summed E-state index contributed by atoms with van der Waals surface area (Å²) >= 11 is 3.31. The average molecular weight is 277 g/mol. The number of anilines is 1. The predicted octanol–water partition coefficient (Wildman–Crippen LogP) is 0.890. The molecule has 1 aromatic rings. The van der Waals surface area contributed by atoms with Crippen molar-refractivity contribution in [3.05, 3.63) is 28.7 Å². The van der Waals surface area contributed by atoms with Gasteiger partial charge in [-0.25, -0.2) is 9.59 Å². The van der Waals surface area contributed by atoms with Crippen molar-refractivity contribution in [3.63, 3.8) is 0 Å². The second-order valence-electron chi connectivity index (χ2n) is 2.26. The van der Waals surface area contributed by atoms with Crippen molar-refractivity contribution < 1.29 is 19.8 Å². The Hall–Kier alpha value is -1.60. The second-order valence-corrected chi connectivity index (χ2v) is 3.18. The Labute approximate surface area is 93.8 Å². The molecule has 0 saturated carbocycles. The maximum absolute atomic E-state index is 9.10. The molecule has 0 heterocycles. The van der Waals surface area contributed by atoms with Gasteiger partial charge in [-0.15, -0.1) is 0 Å². The number of nitrogens with two attached hydrogens (primary N) is 1. The Morgan fingerprint density at radius 2 is 1.80 bits per heavy atom. The van der Waals surface area contributed by atoms with Gasteiger partial charge in [0.05, 0.1) is 0 Å². The quantitative estimate of drug-likeness (QED) is 0.344. The van der Waals surface area contributed by atoms with Crippen LogP contribution in [0.2, 0.25) is 0 Å². The molecule has 0 radical (unpaired) electrons. The van der Waals surface area contributed by atoms with Crippen molar-refractivity contribution >= 4 is 33.6 Å². The van der Waals surface area contributed by atoms with Gasteiger partial charge in [-0.2, -0.15) is 0 Å². The number of hydrogen-bond donors (Lipinski definition) is 4. The maximum atomic E-state index is 9.10. The number of rotatable bonds is 1. The Morgan fingerprint density at radius 3 is 2.07 bits per heavy atom. The number of carboxylic acid groups (broad SMARTS) is 2. The molecule has 6 nitrogen and oxygen atoms in total. The molecule has 0 fully saturated rings. The van der Waals surface area contributed by atoms with Crippen LogP contribution in [0.4, 0.5) is 5.69 Å². The van der Waals surface area contributed by atoms with Crippen LogP contribution in [0.25, 0.3) is 0 Å². The monoisotopic (exact) mass is 276 g/mol. The summed E-state index contributed by atoms with van der Waals surface area (Å²) in [6, 6.07) is 7.66. The average Bonchev–Trinajstić information content (AvgIpc) is 2.18. The van der Waals surface area contributed by atoms with Crippen molar-refractivity contribution in [1.82, 2.24) is 0 Å². The van der Waals surface area contributed by atoms with Crippen molar-refractivity contribution in [1.29, 1.82) is 0 Å². The highest BCUT2D eigenvalue weighted by Crippen LogP contribution is 2.13. The Kier molecular flexibility index (Phi) is 6.07. The lowest BCUT2D eigenvalue weighted by Crippen LogP contribution is -2.09. The summed E-state index contributed by atoms with van der Waals surface area (Å²) in [7, 11) is 0. The Balaban J connectivity index is 0.000000288. The predicted molar refractivity (Wildman–Crippen MR) is 57.2 cm³/mol. The van der Waals surface area contributed by atoms with Gasteiger partial charge < -0.3 is 15.6 Å². The van der Waals surface area contributed by atoms with Gasteiger partial charge in [-0.3, -0.25) is 5.84 Å². The lowest BCUT2D eigenvalue weighted by Gasteiger charge is -1.97. The number of halogens is 1. The van der Waals surface area contributed by atoms with Crippen molar-refractivity contribution in [2.24, 2.45) is 5.84 Å². The summed E-state index contributed by atoms with van der Waals surface area (Å²) < 4.78 is 1.03. The minimum atomic E-state index is -1.82. The minimum Gasteiger partial charge on any atom is -0.473 e. The zero-order chi connectivity index (χ0) is 11.8. The number of nitrogens with one attached hydrogen (secondary N) is 1. The first-order chi connectivity index (χ1) is 6.97. The molecule has 0 atom stereocenters. The van der Waals surface area contributed by atoms with E-state index in [9.17, 15) is 0 Å². The van der Waals surface area contributed by atoms with Crippen molar-refractivity contribution in [3.8, 4) is 0 Å². The molecule has 0 unspecified atom stereocenters. The first-order valence-electron chi connectivity index (χ1n) is 3.65. The number of hydrazine groups is 1. The smallest absolute Gasteiger partial charge is 0.414 e. The third kappa shape index (κ3) is 6.47. The molecule has 15 heavy (non-hydrogen) atoms. The van der Waals surface area contributed by atoms with Crippen molar-refractivity contribution in [2.45, 2.75) is 0 Å². The molecule has 0 amide bonds. The van der Waals surface area contributed by atoms with Crippen LogP contribution in [-0.2, 0) is 9.59 Å². The van der Waals surface area contributed by atoms with Gasteiger partial charge in [0.2, 0.25) is 0 Å². The third-order valence-corrected chi connectivity index (χ3v) is 1.67. The Bertz CT molecular complexity index is 344. The number of aliphatic carboxylic acids is 2. The molecule has 82 valence electrons. The van der Waals surface area contributed by atoms with E-state index < -0.39 is 11.9 Å². The summed E-state index contributed by atoms with van der Waals surface area (Å²) in [4.78, 5) is 18.2. The first-order valence-corrected chi connectivity index (χ1v) is 4.45. The summed E-state index contributed by atoms with van der Waals surface area (Å²) in [5.74, 6) is 1.50. The zero-order valence-corrected chi connectivity index (χ0v) is 9.06. The van der Waals surface area contributed by atoms with Gasteiger partial charge in [-0.05, 0) is 18.2 Å². The largest absolute Gasteiger partial charge is 0.473 e. The number of carboxylic acids is 2. The highest BCUT2D eigenvalue weighted by Gasteiger charge is 2.04. The van der Waals surface area contributed by atoms with Gasteiger partial charge >= 0.3 is 11.9 Å². The molecule has 0 bridgehead atoms. The van der Waals surface area contributed by atoms with Gasteiger partial charge in [0.15, 0.2) is 0 Å². The molecule has 1 rings (SSSR count). The number of hydrogen-bond acceptors (Lipinski definition) is 4. The fourth-order valence-electron chi connectivity index (χ4n) is 0.578. The van der Waals surface area contributed by atoms with Crippen LogP contribution < -0.4 is 11.3 Å². The summed E-state index contributed by atoms with van der Waals surface area (Å²) in [5.41, 5.74) is 3.44. The SMILES string of the molecule is NNc1cccc(Br)c1.O=C(O)C(=O)O. The maximum Gasteiger partial charge on any atom is 0.414 e. The number of carbonyl (C=O) groups is 2. The molecule has 0 aromatic heterocycles. The van der Waals surface area contributed by atoms with Crippen LogP contribution in [0.15, 0.2) is 28.7 Å². The van der Waals surface area contributed by atoms with Crippen LogP contribution >= 0.6 is 15.9 Å². The summed E-state index contributed by atoms with van der Waals surface area (Å²) in [5, 5.41) is 14.8. The standard InChI is InChI=1S/C6H7BrN2.C2H2O4/c7-5-2-1-3-6(4-5)9-8;3-1(4)2(5)6/h1-4,9H,8H2;(H,3,4)(H,5,6). The Morgan fingerprint density at radius 1 is 1.27 bits per heavy atom.